The van der Waals surface area contributed by atoms with Crippen LogP contribution < -0.4 is 22.2 Å². The summed E-state index contributed by atoms with van der Waals surface area (Å²) in [6.07, 6.45) is 3.62. The lowest BCUT2D eigenvalue weighted by Gasteiger charge is -2.13. The Labute approximate surface area is 402 Å². The zero-order valence-corrected chi connectivity index (χ0v) is 38.8. The number of nitrogens with one attached hydrogen (secondary N) is 1. The predicted octanol–water partition coefficient (Wildman–Crippen LogP) is 12.4. The first-order chi connectivity index (χ1) is 31.3. The Morgan fingerprint density at radius 2 is 1.04 bits per heavy atom. The Kier molecular flexibility index (Phi) is 15.6. The van der Waals surface area contributed by atoms with Gasteiger partial charge in [0, 0.05) is 82.3 Å². The number of nitrogens with zero attached hydrogens (tertiary/aromatic N) is 8. The van der Waals surface area contributed by atoms with Crippen LogP contribution in [-0.2, 0) is 14.1 Å². The Balaban J connectivity index is 0.000000182. The maximum absolute atomic E-state index is 13.2. The lowest BCUT2D eigenvalue weighted by molar-refractivity contribution is 0.905. The second-order valence-corrected chi connectivity index (χ2v) is 17.2. The number of aromatic nitrogens is 8. The number of nitrogens with two attached hydrogens (primary N) is 1. The van der Waals surface area contributed by atoms with Crippen LogP contribution in [0.25, 0.3) is 65.2 Å². The minimum Gasteiger partial charge on any atom is -0.399 e. The van der Waals surface area contributed by atoms with Crippen molar-refractivity contribution in [2.24, 2.45) is 14.1 Å². The number of aryl methyl sites for hydroxylation is 6. The highest BCUT2D eigenvalue weighted by Gasteiger charge is 2.15. The van der Waals surface area contributed by atoms with Crippen LogP contribution in [0.3, 0.4) is 0 Å². The minimum absolute atomic E-state index is 0. The molecule has 6 heterocycles. The van der Waals surface area contributed by atoms with E-state index >= 15 is 0 Å². The Morgan fingerprint density at radius 3 is 1.55 bits per heavy atom. The molecule has 0 saturated carbocycles. The van der Waals surface area contributed by atoms with Crippen molar-refractivity contribution >= 4 is 73.8 Å². The van der Waals surface area contributed by atoms with E-state index in [1.165, 1.54) is 23.1 Å². The molecular weight excluding hydrogens is 896 g/mol. The molecular formula is C52H51ClN10O2S2. The van der Waals surface area contributed by atoms with Gasteiger partial charge in [-0.1, -0.05) is 87.6 Å². The monoisotopic (exact) mass is 946 g/mol. The van der Waals surface area contributed by atoms with Crippen molar-refractivity contribution in [3.05, 3.63) is 182 Å². The smallest absolute Gasteiger partial charge is 0.258 e. The Hall–Kier alpha value is -7.39. The summed E-state index contributed by atoms with van der Waals surface area (Å²) in [7, 11) is 3.59. The summed E-state index contributed by atoms with van der Waals surface area (Å²) >= 11 is 8.26. The summed E-state index contributed by atoms with van der Waals surface area (Å²) in [5, 5.41) is 7.18. The Bertz CT molecular complexity index is 3460. The van der Waals surface area contributed by atoms with Gasteiger partial charge in [-0.2, -0.15) is 13.7 Å². The molecule has 15 heteroatoms. The summed E-state index contributed by atoms with van der Waals surface area (Å²) in [6, 6.07) is 39.1. The van der Waals surface area contributed by atoms with Gasteiger partial charge in [0.1, 0.15) is 10.0 Å². The van der Waals surface area contributed by atoms with Crippen molar-refractivity contribution in [2.45, 2.75) is 42.5 Å². The first-order valence-electron chi connectivity index (χ1n) is 20.4. The molecule has 0 amide bonds. The quantitative estimate of drug-likeness (QED) is 0.154. The van der Waals surface area contributed by atoms with Crippen LogP contribution in [0, 0.1) is 27.7 Å². The van der Waals surface area contributed by atoms with E-state index in [2.05, 4.69) is 34.0 Å². The number of rotatable bonds is 6. The van der Waals surface area contributed by atoms with E-state index in [9.17, 15) is 9.59 Å². The number of pyridine rings is 4. The van der Waals surface area contributed by atoms with Crippen LogP contribution in [-0.4, -0.2) is 37.8 Å². The SMILES string of the molecule is C.C.Cc1cc2c(cn1)cc(-c1cc(N)ccc1C)c(=O)n2C.Cc1cc2c(cn1)cc(-c1cc(Nc3nsc(-c4ccccc4)n3)ccc1C)c(=O)n2C.Clc1nsc(-c2ccccc2)n1. The second kappa shape index (κ2) is 21.3. The van der Waals surface area contributed by atoms with E-state index in [1.54, 1.807) is 29.4 Å². The third-order valence-electron chi connectivity index (χ3n) is 10.7. The van der Waals surface area contributed by atoms with E-state index < -0.39 is 0 Å². The van der Waals surface area contributed by atoms with Gasteiger partial charge in [0.15, 0.2) is 0 Å². The van der Waals surface area contributed by atoms with Crippen LogP contribution in [0.1, 0.15) is 37.4 Å². The van der Waals surface area contributed by atoms with Crippen LogP contribution >= 0.6 is 34.7 Å². The summed E-state index contributed by atoms with van der Waals surface area (Å²) in [4.78, 5) is 43.2. The minimum atomic E-state index is -0.0403. The molecule has 0 aliphatic heterocycles. The molecule has 0 saturated heterocycles. The average Bonchev–Trinajstić information content (AvgIpc) is 3.98. The van der Waals surface area contributed by atoms with Crippen molar-refractivity contribution < 1.29 is 0 Å². The molecule has 0 bridgehead atoms. The lowest BCUT2D eigenvalue weighted by atomic mass is 9.99. The molecule has 0 fully saturated rings. The number of nitrogen functional groups attached to an aromatic ring is 1. The number of hydrogen-bond acceptors (Lipinski definition) is 12. The molecule has 12 nitrogen and oxygen atoms in total. The average molecular weight is 948 g/mol. The topological polar surface area (TPSA) is 159 Å². The zero-order chi connectivity index (χ0) is 45.8. The van der Waals surface area contributed by atoms with Gasteiger partial charge in [-0.3, -0.25) is 19.6 Å². The number of fused-ring (bicyclic) bond motifs is 2. The first-order valence-corrected chi connectivity index (χ1v) is 22.4. The first kappa shape index (κ1) is 49.1. The molecule has 67 heavy (non-hydrogen) atoms. The normalized spacial score (nSPS) is 10.6. The second-order valence-electron chi connectivity index (χ2n) is 15.4. The molecule has 10 rings (SSSR count). The lowest BCUT2D eigenvalue weighted by Crippen LogP contribution is -2.19. The molecule has 0 unspecified atom stereocenters. The van der Waals surface area contributed by atoms with Gasteiger partial charge in [0.2, 0.25) is 11.2 Å². The third-order valence-corrected chi connectivity index (χ3v) is 12.5. The number of anilines is 3. The van der Waals surface area contributed by atoms with Crippen LogP contribution in [0.4, 0.5) is 17.3 Å². The fraction of sp³-hybridized carbons (Fsp3) is 0.154. The fourth-order valence-electron chi connectivity index (χ4n) is 7.24. The number of benzene rings is 4. The van der Waals surface area contributed by atoms with E-state index in [1.807, 2.05) is 155 Å². The van der Waals surface area contributed by atoms with E-state index in [0.29, 0.717) is 28.0 Å². The van der Waals surface area contributed by atoms with Gasteiger partial charge < -0.3 is 20.2 Å². The Morgan fingerprint density at radius 1 is 0.567 bits per heavy atom. The highest BCUT2D eigenvalue weighted by Crippen LogP contribution is 2.30. The molecule has 6 aromatic heterocycles. The van der Waals surface area contributed by atoms with Crippen molar-refractivity contribution in [2.75, 3.05) is 11.1 Å². The van der Waals surface area contributed by atoms with Gasteiger partial charge in [-0.05, 0) is 133 Å². The summed E-state index contributed by atoms with van der Waals surface area (Å²) in [5.74, 6) is 0.537. The van der Waals surface area contributed by atoms with E-state index in [4.69, 9.17) is 17.3 Å². The number of halogens is 1. The van der Waals surface area contributed by atoms with Gasteiger partial charge in [0.25, 0.3) is 11.1 Å². The molecule has 0 radical (unpaired) electrons. The molecule has 340 valence electrons. The van der Waals surface area contributed by atoms with Crippen LogP contribution in [0.15, 0.2) is 143 Å². The third kappa shape index (κ3) is 11.0. The molecule has 0 atom stereocenters. The maximum atomic E-state index is 13.2. The fourth-order valence-corrected chi connectivity index (χ4v) is 8.68. The van der Waals surface area contributed by atoms with Crippen LogP contribution in [0.5, 0.6) is 0 Å². The summed E-state index contributed by atoms with van der Waals surface area (Å²) < 4.78 is 11.7. The summed E-state index contributed by atoms with van der Waals surface area (Å²) in [5.41, 5.74) is 18.0. The molecule has 0 aliphatic carbocycles. The molecule has 4 aromatic carbocycles. The highest BCUT2D eigenvalue weighted by molar-refractivity contribution is 7.09. The standard InChI is InChI=1S/C25H21N5OS.C17H17N3O.C8H5ClN2S.2CH4/c1-15-9-10-19(27-25-28-23(32-29-25)17-7-5-4-6-8-17)13-20(15)21-12-18-14-26-16(2)11-22(18)30(3)24(21)31;1-10-4-5-13(18)8-14(10)15-7-12-9-19-11(2)6-16(12)20(3)17(15)21;9-8-10-7(12-11-8)6-4-2-1-3-5-6;;/h4-14H,1-3H3,(H,27,29);4-9H,18H2,1-3H3;1-5H;2*1H4. The van der Waals surface area contributed by atoms with Crippen LogP contribution in [0.2, 0.25) is 5.28 Å². The summed E-state index contributed by atoms with van der Waals surface area (Å²) in [6.45, 7) is 7.82. The van der Waals surface area contributed by atoms with Crippen molar-refractivity contribution in [3.8, 4) is 43.4 Å². The van der Waals surface area contributed by atoms with Gasteiger partial charge >= 0.3 is 0 Å². The molecule has 10 aromatic rings. The predicted molar refractivity (Wildman–Crippen MR) is 281 cm³/mol. The molecule has 0 aliphatic rings. The zero-order valence-electron chi connectivity index (χ0n) is 36.4. The van der Waals surface area contributed by atoms with Gasteiger partial charge in [-0.15, -0.1) is 0 Å². The van der Waals surface area contributed by atoms with Crippen molar-refractivity contribution in [1.82, 2.24) is 37.8 Å². The van der Waals surface area contributed by atoms with Gasteiger partial charge in [-0.25, -0.2) is 4.98 Å². The van der Waals surface area contributed by atoms with E-state index in [0.717, 1.165) is 82.3 Å². The highest BCUT2D eigenvalue weighted by atomic mass is 35.5. The number of hydrogen-bond donors (Lipinski definition) is 2. The molecule has 0 spiro atoms. The van der Waals surface area contributed by atoms with Gasteiger partial charge in [0.05, 0.1) is 11.0 Å². The largest absolute Gasteiger partial charge is 0.399 e. The van der Waals surface area contributed by atoms with E-state index in [-0.39, 0.29) is 26.0 Å². The van der Waals surface area contributed by atoms with Crippen molar-refractivity contribution in [3.63, 3.8) is 0 Å². The molecule has 3 N–H and O–H groups in total. The maximum Gasteiger partial charge on any atom is 0.258 e. The van der Waals surface area contributed by atoms with Crippen molar-refractivity contribution in [1.29, 1.82) is 0 Å².